The van der Waals surface area contributed by atoms with E-state index in [-0.39, 0.29) is 12.5 Å². The van der Waals surface area contributed by atoms with Crippen LogP contribution < -0.4 is 15.7 Å². The molecule has 0 aliphatic carbocycles. The number of ether oxygens (including phenoxy) is 1. The van der Waals surface area contributed by atoms with E-state index >= 15 is 0 Å². The van der Waals surface area contributed by atoms with Crippen LogP contribution in [0.4, 0.5) is 5.69 Å². The number of benzene rings is 2. The van der Waals surface area contributed by atoms with E-state index in [4.69, 9.17) is 9.15 Å². The van der Waals surface area contributed by atoms with E-state index in [2.05, 4.69) is 20.1 Å². The third-order valence-corrected chi connectivity index (χ3v) is 5.48. The van der Waals surface area contributed by atoms with Crippen molar-refractivity contribution in [1.29, 1.82) is 0 Å². The Morgan fingerprint density at radius 2 is 1.97 bits per heavy atom. The third-order valence-electron chi connectivity index (χ3n) is 5.48. The van der Waals surface area contributed by atoms with E-state index in [9.17, 15) is 9.59 Å². The standard InChI is InChI=1S/C24H22N4O4/c29-22(15-31-19-10-8-16-9-11-23(30)32-20(16)14-19)25-18-6-4-5-17(13-18)24-27-26-21-7-2-1-3-12-28(21)24/h4-6,8-11,13-14H,1-3,7,12,15H2,(H,25,29). The number of hydrogen-bond acceptors (Lipinski definition) is 6. The van der Waals surface area contributed by atoms with E-state index in [1.54, 1.807) is 24.3 Å². The molecular weight excluding hydrogens is 408 g/mol. The quantitative estimate of drug-likeness (QED) is 0.484. The second-order valence-corrected chi connectivity index (χ2v) is 7.77. The van der Waals surface area contributed by atoms with Gasteiger partial charge in [-0.3, -0.25) is 4.79 Å². The zero-order chi connectivity index (χ0) is 21.9. The summed E-state index contributed by atoms with van der Waals surface area (Å²) >= 11 is 0. The lowest BCUT2D eigenvalue weighted by Crippen LogP contribution is -2.20. The van der Waals surface area contributed by atoms with Crippen molar-refractivity contribution < 1.29 is 13.9 Å². The SMILES string of the molecule is O=C(COc1ccc2ccc(=O)oc2c1)Nc1cccc(-c2nnc3n2CCCCC3)c1. The van der Waals surface area contributed by atoms with Crippen LogP contribution in [-0.4, -0.2) is 27.3 Å². The zero-order valence-corrected chi connectivity index (χ0v) is 17.4. The monoisotopic (exact) mass is 430 g/mol. The summed E-state index contributed by atoms with van der Waals surface area (Å²) < 4.78 is 12.9. The van der Waals surface area contributed by atoms with Crippen molar-refractivity contribution in [2.45, 2.75) is 32.2 Å². The molecule has 1 aliphatic heterocycles. The molecule has 8 heteroatoms. The van der Waals surface area contributed by atoms with Crippen LogP contribution >= 0.6 is 0 Å². The van der Waals surface area contributed by atoms with Crippen molar-refractivity contribution in [1.82, 2.24) is 14.8 Å². The molecule has 0 bridgehead atoms. The highest BCUT2D eigenvalue weighted by atomic mass is 16.5. The van der Waals surface area contributed by atoms with Gasteiger partial charge in [0, 0.05) is 41.7 Å². The number of amides is 1. The van der Waals surface area contributed by atoms with Crippen LogP contribution in [0, 0.1) is 0 Å². The number of rotatable bonds is 5. The van der Waals surface area contributed by atoms with E-state index in [0.29, 0.717) is 17.0 Å². The molecule has 3 heterocycles. The van der Waals surface area contributed by atoms with Crippen molar-refractivity contribution in [3.63, 3.8) is 0 Å². The summed E-state index contributed by atoms with van der Waals surface area (Å²) in [5.74, 6) is 2.00. The lowest BCUT2D eigenvalue weighted by atomic mass is 10.2. The van der Waals surface area contributed by atoms with Gasteiger partial charge in [0.2, 0.25) is 0 Å². The van der Waals surface area contributed by atoms with Gasteiger partial charge in [-0.1, -0.05) is 18.6 Å². The van der Waals surface area contributed by atoms with Crippen LogP contribution in [0.3, 0.4) is 0 Å². The molecular formula is C24H22N4O4. The first kappa shape index (κ1) is 20.0. The lowest BCUT2D eigenvalue weighted by molar-refractivity contribution is -0.118. The summed E-state index contributed by atoms with van der Waals surface area (Å²) in [7, 11) is 0. The van der Waals surface area contributed by atoms with Crippen LogP contribution in [-0.2, 0) is 17.8 Å². The van der Waals surface area contributed by atoms with Crippen LogP contribution in [0.5, 0.6) is 5.75 Å². The molecule has 0 saturated heterocycles. The van der Waals surface area contributed by atoms with Gasteiger partial charge >= 0.3 is 5.63 Å². The Hall–Kier alpha value is -3.94. The Bertz CT molecular complexity index is 1340. The van der Waals surface area contributed by atoms with Crippen LogP contribution in [0.15, 0.2) is 63.8 Å². The van der Waals surface area contributed by atoms with Gasteiger partial charge in [0.25, 0.3) is 5.91 Å². The minimum absolute atomic E-state index is 0.173. The molecule has 5 rings (SSSR count). The minimum atomic E-state index is -0.433. The third kappa shape index (κ3) is 4.25. The molecule has 0 radical (unpaired) electrons. The fraction of sp³-hybridized carbons (Fsp3) is 0.250. The maximum atomic E-state index is 12.4. The largest absolute Gasteiger partial charge is 0.484 e. The van der Waals surface area contributed by atoms with Gasteiger partial charge < -0.3 is 19.0 Å². The molecule has 0 spiro atoms. The van der Waals surface area contributed by atoms with Crippen LogP contribution in [0.1, 0.15) is 25.1 Å². The number of hydrogen-bond donors (Lipinski definition) is 1. The second-order valence-electron chi connectivity index (χ2n) is 7.77. The van der Waals surface area contributed by atoms with Gasteiger partial charge in [0.15, 0.2) is 12.4 Å². The number of nitrogens with one attached hydrogen (secondary N) is 1. The Balaban J connectivity index is 1.26. The molecule has 0 saturated carbocycles. The molecule has 1 N–H and O–H groups in total. The fourth-order valence-corrected chi connectivity index (χ4v) is 3.91. The topological polar surface area (TPSA) is 99.2 Å². The molecule has 1 amide bonds. The fourth-order valence-electron chi connectivity index (χ4n) is 3.91. The Labute approximate surface area is 183 Å². The number of fused-ring (bicyclic) bond motifs is 2. The van der Waals surface area contributed by atoms with Crippen molar-refractivity contribution in [3.8, 4) is 17.1 Å². The molecule has 4 aromatic rings. The number of aryl methyl sites for hydroxylation is 1. The molecule has 32 heavy (non-hydrogen) atoms. The molecule has 8 nitrogen and oxygen atoms in total. The molecule has 1 aliphatic rings. The summed E-state index contributed by atoms with van der Waals surface area (Å²) in [6.07, 6.45) is 4.39. The van der Waals surface area contributed by atoms with Gasteiger partial charge in [0.1, 0.15) is 17.2 Å². The van der Waals surface area contributed by atoms with E-state index in [0.717, 1.165) is 48.4 Å². The minimum Gasteiger partial charge on any atom is -0.484 e. The first-order chi connectivity index (χ1) is 15.7. The summed E-state index contributed by atoms with van der Waals surface area (Å²) in [5, 5.41) is 12.4. The highest BCUT2D eigenvalue weighted by Crippen LogP contribution is 2.25. The molecule has 2 aromatic heterocycles. The van der Waals surface area contributed by atoms with E-state index in [1.807, 2.05) is 24.3 Å². The molecule has 0 unspecified atom stereocenters. The smallest absolute Gasteiger partial charge is 0.336 e. The molecule has 162 valence electrons. The average Bonchev–Trinajstić information content (AvgIpc) is 3.06. The van der Waals surface area contributed by atoms with Gasteiger partial charge in [-0.15, -0.1) is 10.2 Å². The van der Waals surface area contributed by atoms with Crippen molar-refractivity contribution in [2.24, 2.45) is 0 Å². The highest BCUT2D eigenvalue weighted by molar-refractivity contribution is 5.92. The number of anilines is 1. The van der Waals surface area contributed by atoms with Crippen molar-refractivity contribution in [2.75, 3.05) is 11.9 Å². The maximum absolute atomic E-state index is 12.4. The van der Waals surface area contributed by atoms with E-state index < -0.39 is 5.63 Å². The molecule has 0 atom stereocenters. The van der Waals surface area contributed by atoms with Crippen LogP contribution in [0.25, 0.3) is 22.4 Å². The molecule has 2 aromatic carbocycles. The van der Waals surface area contributed by atoms with Crippen molar-refractivity contribution in [3.05, 3.63) is 70.8 Å². The maximum Gasteiger partial charge on any atom is 0.336 e. The normalized spacial score (nSPS) is 13.4. The summed E-state index contributed by atoms with van der Waals surface area (Å²) in [6, 6.07) is 15.7. The summed E-state index contributed by atoms with van der Waals surface area (Å²) in [4.78, 5) is 23.8. The first-order valence-electron chi connectivity index (χ1n) is 10.6. The Morgan fingerprint density at radius 1 is 1.06 bits per heavy atom. The number of aromatic nitrogens is 3. The second kappa shape index (κ2) is 8.66. The highest BCUT2D eigenvalue weighted by Gasteiger charge is 2.16. The number of carbonyl (C=O) groups is 1. The van der Waals surface area contributed by atoms with Gasteiger partial charge in [-0.05, 0) is 43.2 Å². The zero-order valence-electron chi connectivity index (χ0n) is 17.4. The van der Waals surface area contributed by atoms with Gasteiger partial charge in [-0.25, -0.2) is 4.79 Å². The predicted octanol–water partition coefficient (Wildman–Crippen LogP) is 3.80. The van der Waals surface area contributed by atoms with Crippen LogP contribution in [0.2, 0.25) is 0 Å². The molecule has 0 fully saturated rings. The average molecular weight is 430 g/mol. The van der Waals surface area contributed by atoms with Crippen molar-refractivity contribution >= 4 is 22.6 Å². The summed E-state index contributed by atoms with van der Waals surface area (Å²) in [6.45, 7) is 0.737. The van der Waals surface area contributed by atoms with Gasteiger partial charge in [0.05, 0.1) is 0 Å². The first-order valence-corrected chi connectivity index (χ1v) is 10.6. The number of carbonyl (C=O) groups excluding carboxylic acids is 1. The van der Waals surface area contributed by atoms with Gasteiger partial charge in [-0.2, -0.15) is 0 Å². The Morgan fingerprint density at radius 3 is 2.91 bits per heavy atom. The lowest BCUT2D eigenvalue weighted by Gasteiger charge is -2.10. The van der Waals surface area contributed by atoms with E-state index in [1.165, 1.54) is 12.5 Å². The Kier molecular flexibility index (Phi) is 5.41. The number of nitrogens with zero attached hydrogens (tertiary/aromatic N) is 3. The predicted molar refractivity (Wildman–Crippen MR) is 120 cm³/mol. The summed E-state index contributed by atoms with van der Waals surface area (Å²) in [5.41, 5.74) is 1.55.